The van der Waals surface area contributed by atoms with Gasteiger partial charge in [0.25, 0.3) is 0 Å². The van der Waals surface area contributed by atoms with Crippen LogP contribution in [0.2, 0.25) is 0 Å². The zero-order valence-corrected chi connectivity index (χ0v) is 13.8. The van der Waals surface area contributed by atoms with Crippen LogP contribution in [-0.4, -0.2) is 16.6 Å². The lowest BCUT2D eigenvalue weighted by molar-refractivity contribution is 0.288. The van der Waals surface area contributed by atoms with Crippen molar-refractivity contribution in [3.8, 4) is 11.9 Å². The molecule has 0 unspecified atom stereocenters. The molecule has 0 amide bonds. The molecule has 0 saturated heterocycles. The summed E-state index contributed by atoms with van der Waals surface area (Å²) < 4.78 is 5.74. The van der Waals surface area contributed by atoms with Gasteiger partial charge in [-0.15, -0.1) is 0 Å². The van der Waals surface area contributed by atoms with Crippen molar-refractivity contribution in [3.63, 3.8) is 0 Å². The summed E-state index contributed by atoms with van der Waals surface area (Å²) in [7, 11) is 0. The number of fused-ring (bicyclic) bond motifs is 1. The molecule has 124 valence electrons. The van der Waals surface area contributed by atoms with Crippen LogP contribution in [0.5, 0.6) is 5.88 Å². The summed E-state index contributed by atoms with van der Waals surface area (Å²) in [5.74, 6) is 1.37. The van der Waals surface area contributed by atoms with E-state index in [2.05, 4.69) is 21.4 Å². The van der Waals surface area contributed by atoms with Crippen LogP contribution < -0.4 is 10.1 Å². The van der Waals surface area contributed by atoms with Crippen LogP contribution in [-0.2, 0) is 6.54 Å². The van der Waals surface area contributed by atoms with Crippen LogP contribution in [0.25, 0.3) is 10.9 Å². The third-order valence-electron chi connectivity index (χ3n) is 4.28. The van der Waals surface area contributed by atoms with Crippen LogP contribution in [0.4, 0.5) is 5.69 Å². The highest BCUT2D eigenvalue weighted by atomic mass is 16.5. The number of anilines is 1. The van der Waals surface area contributed by atoms with E-state index in [1.807, 2.05) is 36.4 Å². The van der Waals surface area contributed by atoms with Crippen LogP contribution in [0.15, 0.2) is 48.7 Å². The quantitative estimate of drug-likeness (QED) is 0.742. The Kier molecular flexibility index (Phi) is 4.17. The van der Waals surface area contributed by atoms with Crippen LogP contribution in [0.3, 0.4) is 0 Å². The molecule has 1 fully saturated rings. The van der Waals surface area contributed by atoms with E-state index in [4.69, 9.17) is 4.74 Å². The van der Waals surface area contributed by atoms with Crippen molar-refractivity contribution in [2.24, 2.45) is 5.92 Å². The van der Waals surface area contributed by atoms with Gasteiger partial charge in [-0.3, -0.25) is 0 Å². The van der Waals surface area contributed by atoms with Gasteiger partial charge >= 0.3 is 0 Å². The molecule has 0 aliphatic heterocycles. The minimum Gasteiger partial charge on any atom is -0.477 e. The molecule has 3 aromatic rings. The number of ether oxygens (including phenoxy) is 1. The molecule has 5 heteroatoms. The van der Waals surface area contributed by atoms with E-state index < -0.39 is 0 Å². The molecule has 5 nitrogen and oxygen atoms in total. The second kappa shape index (κ2) is 6.78. The lowest BCUT2D eigenvalue weighted by atomic mass is 10.1. The van der Waals surface area contributed by atoms with Gasteiger partial charge in [-0.1, -0.05) is 18.2 Å². The topological polar surface area (TPSA) is 70.8 Å². The number of benzene rings is 1. The second-order valence-corrected chi connectivity index (χ2v) is 6.29. The number of nitrogens with zero attached hydrogens (tertiary/aromatic N) is 3. The molecule has 0 spiro atoms. The third-order valence-corrected chi connectivity index (χ3v) is 4.28. The normalized spacial score (nSPS) is 13.4. The Morgan fingerprint density at radius 2 is 2.08 bits per heavy atom. The van der Waals surface area contributed by atoms with E-state index >= 15 is 0 Å². The number of nitriles is 1. The molecular formula is C20H18N4O. The Bertz CT molecular complexity index is 944. The molecule has 4 rings (SSSR count). The zero-order chi connectivity index (χ0) is 17.1. The average Bonchev–Trinajstić information content (AvgIpc) is 3.49. The predicted molar refractivity (Wildman–Crippen MR) is 96.2 cm³/mol. The first-order chi connectivity index (χ1) is 12.3. The van der Waals surface area contributed by atoms with E-state index in [-0.39, 0.29) is 0 Å². The number of para-hydroxylation sites is 1. The van der Waals surface area contributed by atoms with E-state index in [9.17, 15) is 5.26 Å². The summed E-state index contributed by atoms with van der Waals surface area (Å²) in [6.07, 6.45) is 4.29. The van der Waals surface area contributed by atoms with Gasteiger partial charge in [0, 0.05) is 29.9 Å². The zero-order valence-electron chi connectivity index (χ0n) is 13.8. The van der Waals surface area contributed by atoms with Crippen molar-refractivity contribution < 1.29 is 4.74 Å². The van der Waals surface area contributed by atoms with E-state index in [0.29, 0.717) is 24.0 Å². The Labute approximate surface area is 146 Å². The molecule has 0 atom stereocenters. The van der Waals surface area contributed by atoms with Gasteiger partial charge < -0.3 is 10.1 Å². The Morgan fingerprint density at radius 1 is 1.20 bits per heavy atom. The maximum absolute atomic E-state index is 9.19. The summed E-state index contributed by atoms with van der Waals surface area (Å²) in [5, 5.41) is 13.6. The SMILES string of the molecule is N#Cc1cc(NCc2ccnc(OCC3CC3)c2)c2ccccc2n1. The fraction of sp³-hybridized carbons (Fsp3) is 0.250. The van der Waals surface area contributed by atoms with Gasteiger partial charge in [0.05, 0.1) is 12.1 Å². The Hall–Kier alpha value is -3.13. The molecule has 2 heterocycles. The van der Waals surface area contributed by atoms with Crippen LogP contribution in [0, 0.1) is 17.2 Å². The van der Waals surface area contributed by atoms with Crippen molar-refractivity contribution in [3.05, 3.63) is 59.9 Å². The van der Waals surface area contributed by atoms with E-state index in [1.54, 1.807) is 12.3 Å². The van der Waals surface area contributed by atoms with E-state index in [1.165, 1.54) is 12.8 Å². The van der Waals surface area contributed by atoms with Crippen molar-refractivity contribution in [2.45, 2.75) is 19.4 Å². The number of hydrogen-bond acceptors (Lipinski definition) is 5. The lowest BCUT2D eigenvalue weighted by Gasteiger charge is -2.11. The molecule has 2 aromatic heterocycles. The molecule has 25 heavy (non-hydrogen) atoms. The predicted octanol–water partition coefficient (Wildman–Crippen LogP) is 3.90. The first-order valence-corrected chi connectivity index (χ1v) is 8.43. The highest BCUT2D eigenvalue weighted by Gasteiger charge is 2.22. The smallest absolute Gasteiger partial charge is 0.213 e. The third kappa shape index (κ3) is 3.69. The average molecular weight is 330 g/mol. The summed E-state index contributed by atoms with van der Waals surface area (Å²) in [6, 6.07) is 15.6. The summed E-state index contributed by atoms with van der Waals surface area (Å²) in [4.78, 5) is 8.61. The highest BCUT2D eigenvalue weighted by Crippen LogP contribution is 2.29. The van der Waals surface area contributed by atoms with Gasteiger partial charge in [0.2, 0.25) is 5.88 Å². The maximum Gasteiger partial charge on any atom is 0.213 e. The van der Waals surface area contributed by atoms with Gasteiger partial charge in [-0.05, 0) is 42.5 Å². The number of pyridine rings is 2. The summed E-state index contributed by atoms with van der Waals surface area (Å²) >= 11 is 0. The van der Waals surface area contributed by atoms with Crippen molar-refractivity contribution in [1.82, 2.24) is 9.97 Å². The van der Waals surface area contributed by atoms with Crippen LogP contribution >= 0.6 is 0 Å². The van der Waals surface area contributed by atoms with Crippen LogP contribution in [0.1, 0.15) is 24.1 Å². The number of aromatic nitrogens is 2. The number of hydrogen-bond donors (Lipinski definition) is 1. The lowest BCUT2D eigenvalue weighted by Crippen LogP contribution is -2.04. The molecule has 1 aromatic carbocycles. The van der Waals surface area contributed by atoms with Crippen molar-refractivity contribution >= 4 is 16.6 Å². The Morgan fingerprint density at radius 3 is 2.92 bits per heavy atom. The van der Waals surface area contributed by atoms with E-state index in [0.717, 1.165) is 28.8 Å². The summed E-state index contributed by atoms with van der Waals surface area (Å²) in [6.45, 7) is 1.38. The van der Waals surface area contributed by atoms with Crippen molar-refractivity contribution in [2.75, 3.05) is 11.9 Å². The highest BCUT2D eigenvalue weighted by molar-refractivity contribution is 5.91. The molecular weight excluding hydrogens is 312 g/mol. The first kappa shape index (κ1) is 15.4. The van der Waals surface area contributed by atoms with Gasteiger partial charge in [-0.25, -0.2) is 9.97 Å². The standard InChI is InChI=1S/C20H18N4O/c21-11-16-10-19(17-3-1-2-4-18(17)24-16)23-12-15-7-8-22-20(9-15)25-13-14-5-6-14/h1-4,7-10,14H,5-6,12-13H2,(H,23,24). The van der Waals surface area contributed by atoms with Gasteiger partial charge in [0.15, 0.2) is 0 Å². The van der Waals surface area contributed by atoms with Gasteiger partial charge in [-0.2, -0.15) is 5.26 Å². The first-order valence-electron chi connectivity index (χ1n) is 8.43. The number of nitrogens with one attached hydrogen (secondary N) is 1. The fourth-order valence-corrected chi connectivity index (χ4v) is 2.70. The van der Waals surface area contributed by atoms with Gasteiger partial charge in [0.1, 0.15) is 11.8 Å². The second-order valence-electron chi connectivity index (χ2n) is 6.29. The minimum absolute atomic E-state index is 0.407. The largest absolute Gasteiger partial charge is 0.477 e. The molecule has 1 N–H and O–H groups in total. The summed E-state index contributed by atoms with van der Waals surface area (Å²) in [5.41, 5.74) is 3.20. The number of rotatable bonds is 6. The molecule has 0 bridgehead atoms. The molecule has 1 aliphatic rings. The molecule has 0 radical (unpaired) electrons. The van der Waals surface area contributed by atoms with Crippen molar-refractivity contribution in [1.29, 1.82) is 5.26 Å². The Balaban J connectivity index is 1.52. The fourth-order valence-electron chi connectivity index (χ4n) is 2.70. The molecule has 1 aliphatic carbocycles. The maximum atomic E-state index is 9.19. The molecule has 1 saturated carbocycles. The minimum atomic E-state index is 0.407. The monoisotopic (exact) mass is 330 g/mol.